The molecule has 1 aromatic heterocycles. The van der Waals surface area contributed by atoms with Crippen molar-refractivity contribution in [3.63, 3.8) is 0 Å². The molecule has 0 radical (unpaired) electrons. The fourth-order valence-corrected chi connectivity index (χ4v) is 3.32. The monoisotopic (exact) mass is 353 g/mol. The average molecular weight is 354 g/mol. The standard InChI is InChI=1S/C14H23N3OS.2ClH/c1-9(2)8-12-13(19-10(3)16-12)14(18)17-6-4-11(15)5-7-17;;/h9,11H,4-8,15H2,1-3H3;2*1H. The van der Waals surface area contributed by atoms with Gasteiger partial charge >= 0.3 is 0 Å². The normalized spacial score (nSPS) is 15.6. The lowest BCUT2D eigenvalue weighted by molar-refractivity contribution is 0.0718. The van der Waals surface area contributed by atoms with Gasteiger partial charge in [-0.15, -0.1) is 36.2 Å². The third-order valence-electron chi connectivity index (χ3n) is 3.43. The maximum absolute atomic E-state index is 12.6. The maximum atomic E-state index is 12.6. The number of aryl methyl sites for hydroxylation is 1. The zero-order valence-electron chi connectivity index (χ0n) is 12.8. The number of likely N-dealkylation sites (tertiary alicyclic amines) is 1. The molecule has 4 nitrogen and oxygen atoms in total. The summed E-state index contributed by atoms with van der Waals surface area (Å²) in [5.41, 5.74) is 6.86. The summed E-state index contributed by atoms with van der Waals surface area (Å²) < 4.78 is 0. The summed E-state index contributed by atoms with van der Waals surface area (Å²) in [5.74, 6) is 0.663. The summed E-state index contributed by atoms with van der Waals surface area (Å²) >= 11 is 1.53. The first-order chi connectivity index (χ1) is 8.97. The Balaban J connectivity index is 0.00000200. The number of hydrogen-bond donors (Lipinski definition) is 1. The molecule has 0 spiro atoms. The van der Waals surface area contributed by atoms with Crippen LogP contribution in [0.25, 0.3) is 0 Å². The molecule has 7 heteroatoms. The Morgan fingerprint density at radius 1 is 1.38 bits per heavy atom. The third kappa shape index (κ3) is 5.40. The zero-order valence-corrected chi connectivity index (χ0v) is 15.2. The number of amides is 1. The van der Waals surface area contributed by atoms with E-state index in [9.17, 15) is 4.79 Å². The second-order valence-corrected chi connectivity index (χ2v) is 6.94. The van der Waals surface area contributed by atoms with Gasteiger partial charge in [0.05, 0.1) is 10.7 Å². The van der Waals surface area contributed by atoms with Crippen LogP contribution in [0.3, 0.4) is 0 Å². The first-order valence-corrected chi connectivity index (χ1v) is 7.80. The minimum absolute atomic E-state index is 0. The minimum atomic E-state index is 0. The van der Waals surface area contributed by atoms with E-state index < -0.39 is 0 Å². The van der Waals surface area contributed by atoms with Gasteiger partial charge in [0, 0.05) is 19.1 Å². The molecule has 2 N–H and O–H groups in total. The maximum Gasteiger partial charge on any atom is 0.265 e. The summed E-state index contributed by atoms with van der Waals surface area (Å²) in [6, 6.07) is 0.252. The van der Waals surface area contributed by atoms with Crippen molar-refractivity contribution in [2.24, 2.45) is 11.7 Å². The van der Waals surface area contributed by atoms with Gasteiger partial charge < -0.3 is 10.6 Å². The van der Waals surface area contributed by atoms with Gasteiger partial charge in [-0.05, 0) is 32.1 Å². The van der Waals surface area contributed by atoms with Crippen LogP contribution in [0.2, 0.25) is 0 Å². The van der Waals surface area contributed by atoms with Crippen LogP contribution in [0.5, 0.6) is 0 Å². The van der Waals surface area contributed by atoms with Crippen LogP contribution in [0.15, 0.2) is 0 Å². The molecule has 122 valence electrons. The second-order valence-electron chi connectivity index (χ2n) is 5.74. The van der Waals surface area contributed by atoms with Gasteiger partial charge in [0.1, 0.15) is 4.88 Å². The average Bonchev–Trinajstić information content (AvgIpc) is 2.69. The lowest BCUT2D eigenvalue weighted by atomic mass is 10.0. The van der Waals surface area contributed by atoms with Crippen LogP contribution in [-0.4, -0.2) is 34.9 Å². The predicted octanol–water partition coefficient (Wildman–Crippen LogP) is 3.06. The Hall–Kier alpha value is -0.360. The molecule has 1 amide bonds. The minimum Gasteiger partial charge on any atom is -0.338 e. The van der Waals surface area contributed by atoms with Crippen molar-refractivity contribution in [2.45, 2.75) is 46.1 Å². The summed E-state index contributed by atoms with van der Waals surface area (Å²) in [4.78, 5) is 19.9. The summed E-state index contributed by atoms with van der Waals surface area (Å²) in [5, 5.41) is 0.979. The Labute approximate surface area is 143 Å². The van der Waals surface area contributed by atoms with Crippen molar-refractivity contribution < 1.29 is 4.79 Å². The van der Waals surface area contributed by atoms with Gasteiger partial charge in [-0.25, -0.2) is 4.98 Å². The van der Waals surface area contributed by atoms with E-state index in [0.29, 0.717) is 5.92 Å². The molecule has 2 rings (SSSR count). The second kappa shape index (κ2) is 8.93. The smallest absolute Gasteiger partial charge is 0.265 e. The van der Waals surface area contributed by atoms with Crippen LogP contribution in [0, 0.1) is 12.8 Å². The number of piperidine rings is 1. The lowest BCUT2D eigenvalue weighted by Gasteiger charge is -2.30. The summed E-state index contributed by atoms with van der Waals surface area (Å²) in [6.07, 6.45) is 2.69. The molecule has 1 aromatic rings. The first kappa shape index (κ1) is 20.6. The fourth-order valence-electron chi connectivity index (χ4n) is 2.41. The van der Waals surface area contributed by atoms with Gasteiger partial charge in [-0.2, -0.15) is 0 Å². The molecule has 21 heavy (non-hydrogen) atoms. The molecule has 0 aliphatic carbocycles. The highest BCUT2D eigenvalue weighted by atomic mass is 35.5. The number of hydrogen-bond acceptors (Lipinski definition) is 4. The van der Waals surface area contributed by atoms with E-state index in [4.69, 9.17) is 5.73 Å². The van der Waals surface area contributed by atoms with E-state index >= 15 is 0 Å². The highest BCUT2D eigenvalue weighted by Crippen LogP contribution is 2.24. The number of thiazole rings is 1. The van der Waals surface area contributed by atoms with Gasteiger partial charge in [-0.1, -0.05) is 13.8 Å². The molecule has 1 saturated heterocycles. The van der Waals surface area contributed by atoms with E-state index in [-0.39, 0.29) is 36.8 Å². The fraction of sp³-hybridized carbons (Fsp3) is 0.714. The third-order valence-corrected chi connectivity index (χ3v) is 4.43. The van der Waals surface area contributed by atoms with Crippen molar-refractivity contribution in [3.8, 4) is 0 Å². The van der Waals surface area contributed by atoms with Crippen LogP contribution in [-0.2, 0) is 6.42 Å². The van der Waals surface area contributed by atoms with E-state index in [1.165, 1.54) is 11.3 Å². The number of aromatic nitrogens is 1. The SMILES string of the molecule is Cc1nc(CC(C)C)c(C(=O)N2CCC(N)CC2)s1.Cl.Cl. The Morgan fingerprint density at radius 3 is 2.48 bits per heavy atom. The number of nitrogens with two attached hydrogens (primary N) is 1. The predicted molar refractivity (Wildman–Crippen MR) is 93.0 cm³/mol. The van der Waals surface area contributed by atoms with E-state index in [0.717, 1.165) is 47.9 Å². The molecule has 0 unspecified atom stereocenters. The molecule has 0 saturated carbocycles. The van der Waals surface area contributed by atoms with E-state index in [2.05, 4.69) is 18.8 Å². The number of carbonyl (C=O) groups excluding carboxylic acids is 1. The highest BCUT2D eigenvalue weighted by Gasteiger charge is 2.25. The lowest BCUT2D eigenvalue weighted by Crippen LogP contribution is -2.42. The Kier molecular flexibility index (Phi) is 8.78. The zero-order chi connectivity index (χ0) is 14.0. The molecule has 1 aliphatic rings. The van der Waals surface area contributed by atoms with Crippen LogP contribution in [0.4, 0.5) is 0 Å². The van der Waals surface area contributed by atoms with Gasteiger partial charge in [0.25, 0.3) is 5.91 Å². The molecule has 0 bridgehead atoms. The molecular weight excluding hydrogens is 329 g/mol. The largest absolute Gasteiger partial charge is 0.338 e. The van der Waals surface area contributed by atoms with Gasteiger partial charge in [-0.3, -0.25) is 4.79 Å². The van der Waals surface area contributed by atoms with Crippen LogP contribution < -0.4 is 5.73 Å². The molecule has 0 aromatic carbocycles. The summed E-state index contributed by atoms with van der Waals surface area (Å²) in [6.45, 7) is 7.83. The number of nitrogens with zero attached hydrogens (tertiary/aromatic N) is 2. The molecule has 1 fully saturated rings. The van der Waals surface area contributed by atoms with Crippen molar-refractivity contribution in [2.75, 3.05) is 13.1 Å². The molecule has 2 heterocycles. The van der Waals surface area contributed by atoms with Crippen LogP contribution >= 0.6 is 36.2 Å². The Morgan fingerprint density at radius 2 is 1.95 bits per heavy atom. The van der Waals surface area contributed by atoms with Crippen molar-refractivity contribution in [1.29, 1.82) is 0 Å². The van der Waals surface area contributed by atoms with Crippen molar-refractivity contribution in [3.05, 3.63) is 15.6 Å². The number of carbonyl (C=O) groups is 1. The number of halogens is 2. The molecule has 0 atom stereocenters. The topological polar surface area (TPSA) is 59.2 Å². The first-order valence-electron chi connectivity index (χ1n) is 6.98. The van der Waals surface area contributed by atoms with Crippen molar-refractivity contribution >= 4 is 42.1 Å². The summed E-state index contributed by atoms with van der Waals surface area (Å²) in [7, 11) is 0. The number of rotatable bonds is 3. The quantitative estimate of drug-likeness (QED) is 0.908. The molecule has 1 aliphatic heterocycles. The highest BCUT2D eigenvalue weighted by molar-refractivity contribution is 7.13. The van der Waals surface area contributed by atoms with Crippen molar-refractivity contribution in [1.82, 2.24) is 9.88 Å². The van der Waals surface area contributed by atoms with Crippen LogP contribution in [0.1, 0.15) is 47.1 Å². The van der Waals surface area contributed by atoms with E-state index in [1.54, 1.807) is 0 Å². The Bertz CT molecular complexity index is 457. The van der Waals surface area contributed by atoms with Gasteiger partial charge in [0.15, 0.2) is 0 Å². The van der Waals surface area contributed by atoms with Gasteiger partial charge in [0.2, 0.25) is 0 Å². The van der Waals surface area contributed by atoms with E-state index in [1.807, 2.05) is 11.8 Å². The molecular formula is C14H25Cl2N3OS.